The molecule has 13 heavy (non-hydrogen) atoms. The zero-order chi connectivity index (χ0) is 9.10. The van der Waals surface area contributed by atoms with Crippen molar-refractivity contribution in [1.29, 1.82) is 0 Å². The molecule has 0 fully saturated rings. The van der Waals surface area contributed by atoms with Crippen molar-refractivity contribution in [3.8, 4) is 0 Å². The molecule has 1 aliphatic carbocycles. The Hall–Kier alpha value is -0.340. The molecule has 0 heterocycles. The van der Waals surface area contributed by atoms with Crippen molar-refractivity contribution in [3.05, 3.63) is 35.4 Å². The molecule has 0 saturated carbocycles. The van der Waals surface area contributed by atoms with Crippen LogP contribution >= 0.6 is 15.9 Å². The summed E-state index contributed by atoms with van der Waals surface area (Å²) < 4.78 is 0. The lowest BCUT2D eigenvalue weighted by atomic mass is 9.78. The fourth-order valence-corrected chi connectivity index (χ4v) is 2.17. The van der Waals surface area contributed by atoms with Crippen molar-refractivity contribution in [1.82, 2.24) is 5.32 Å². The molecule has 1 aliphatic rings. The highest BCUT2D eigenvalue weighted by Crippen LogP contribution is 2.33. The minimum absolute atomic E-state index is 0.759. The van der Waals surface area contributed by atoms with Gasteiger partial charge in [-0.2, -0.15) is 0 Å². The van der Waals surface area contributed by atoms with Crippen LogP contribution in [0, 0.1) is 0 Å². The molecular formula is C11H14BrN. The van der Waals surface area contributed by atoms with Crippen molar-refractivity contribution < 1.29 is 0 Å². The van der Waals surface area contributed by atoms with E-state index in [1.54, 1.807) is 5.56 Å². The molecule has 1 unspecified atom stereocenters. The van der Waals surface area contributed by atoms with Crippen LogP contribution in [0.2, 0.25) is 0 Å². The zero-order valence-corrected chi connectivity index (χ0v) is 9.18. The molecule has 0 aliphatic heterocycles. The van der Waals surface area contributed by atoms with Gasteiger partial charge < -0.3 is 5.32 Å². The summed E-state index contributed by atoms with van der Waals surface area (Å²) in [5, 5.41) is 4.47. The fourth-order valence-electron chi connectivity index (χ4n) is 1.89. The molecule has 70 valence electrons. The summed E-state index contributed by atoms with van der Waals surface area (Å²) in [5.41, 5.74) is 3.08. The Morgan fingerprint density at radius 1 is 1.38 bits per heavy atom. The average Bonchev–Trinajstić information content (AvgIpc) is 2.13. The third-order valence-electron chi connectivity index (χ3n) is 2.62. The van der Waals surface area contributed by atoms with E-state index in [9.17, 15) is 0 Å². The third-order valence-corrected chi connectivity index (χ3v) is 3.02. The Balaban J connectivity index is 1.87. The van der Waals surface area contributed by atoms with Gasteiger partial charge in [0, 0.05) is 24.3 Å². The van der Waals surface area contributed by atoms with Crippen molar-refractivity contribution >= 4 is 15.9 Å². The van der Waals surface area contributed by atoms with Gasteiger partial charge in [0.05, 0.1) is 0 Å². The van der Waals surface area contributed by atoms with E-state index in [4.69, 9.17) is 0 Å². The molecule has 2 rings (SSSR count). The zero-order valence-electron chi connectivity index (χ0n) is 7.59. The molecule has 1 atom stereocenters. The quantitative estimate of drug-likeness (QED) is 0.629. The summed E-state index contributed by atoms with van der Waals surface area (Å²) >= 11 is 3.41. The van der Waals surface area contributed by atoms with Gasteiger partial charge in [0.25, 0.3) is 0 Å². The van der Waals surface area contributed by atoms with Crippen LogP contribution in [0.1, 0.15) is 17.0 Å². The monoisotopic (exact) mass is 239 g/mol. The Labute approximate surface area is 87.7 Å². The molecule has 2 heteroatoms. The molecule has 1 aromatic carbocycles. The number of nitrogens with one attached hydrogen (secondary N) is 1. The summed E-state index contributed by atoms with van der Waals surface area (Å²) in [6.07, 6.45) is 1.26. The van der Waals surface area contributed by atoms with Gasteiger partial charge in [-0.15, -0.1) is 0 Å². The molecule has 0 amide bonds. The topological polar surface area (TPSA) is 12.0 Å². The molecule has 0 saturated heterocycles. The minimum Gasteiger partial charge on any atom is -0.315 e. The standard InChI is InChI=1S/C11H14BrN/c12-5-6-13-8-10-7-9-3-1-2-4-11(9)10/h1-4,10,13H,5-8H2. The molecular weight excluding hydrogens is 226 g/mol. The van der Waals surface area contributed by atoms with Gasteiger partial charge in [-0.05, 0) is 17.5 Å². The van der Waals surface area contributed by atoms with Crippen molar-refractivity contribution in [2.75, 3.05) is 18.4 Å². The first-order chi connectivity index (χ1) is 6.42. The van der Waals surface area contributed by atoms with E-state index in [0.717, 1.165) is 24.3 Å². The first kappa shape index (κ1) is 9.22. The number of hydrogen-bond acceptors (Lipinski definition) is 1. The number of rotatable bonds is 4. The van der Waals surface area contributed by atoms with Gasteiger partial charge in [-0.1, -0.05) is 40.2 Å². The Bertz CT molecular complexity index is 285. The lowest BCUT2D eigenvalue weighted by Crippen LogP contribution is -2.30. The van der Waals surface area contributed by atoms with Gasteiger partial charge in [0.15, 0.2) is 0 Å². The first-order valence-electron chi connectivity index (χ1n) is 4.76. The van der Waals surface area contributed by atoms with Gasteiger partial charge in [-0.25, -0.2) is 0 Å². The van der Waals surface area contributed by atoms with Gasteiger partial charge in [-0.3, -0.25) is 0 Å². The van der Waals surface area contributed by atoms with Crippen LogP contribution in [0.4, 0.5) is 0 Å². The highest BCUT2D eigenvalue weighted by molar-refractivity contribution is 9.09. The van der Waals surface area contributed by atoms with E-state index < -0.39 is 0 Å². The van der Waals surface area contributed by atoms with Gasteiger partial charge >= 0.3 is 0 Å². The highest BCUT2D eigenvalue weighted by atomic mass is 79.9. The average molecular weight is 240 g/mol. The van der Waals surface area contributed by atoms with E-state index in [0.29, 0.717) is 0 Å². The Kier molecular flexibility index (Phi) is 3.01. The summed E-state index contributed by atoms with van der Waals surface area (Å²) in [5.74, 6) is 0.759. The van der Waals surface area contributed by atoms with Gasteiger partial charge in [0.1, 0.15) is 0 Å². The summed E-state index contributed by atoms with van der Waals surface area (Å²) in [7, 11) is 0. The third kappa shape index (κ3) is 1.94. The molecule has 0 bridgehead atoms. The van der Waals surface area contributed by atoms with E-state index in [1.165, 1.54) is 12.0 Å². The number of benzene rings is 1. The van der Waals surface area contributed by atoms with Crippen LogP contribution < -0.4 is 5.32 Å². The van der Waals surface area contributed by atoms with Crippen molar-refractivity contribution in [2.24, 2.45) is 0 Å². The molecule has 1 aromatic rings. The molecule has 0 aromatic heterocycles. The second-order valence-corrected chi connectivity index (χ2v) is 4.29. The smallest absolute Gasteiger partial charge is 0.0157 e. The summed E-state index contributed by atoms with van der Waals surface area (Å²) in [6.45, 7) is 2.20. The molecule has 0 spiro atoms. The summed E-state index contributed by atoms with van der Waals surface area (Å²) in [6, 6.07) is 8.74. The Morgan fingerprint density at radius 3 is 3.00 bits per heavy atom. The van der Waals surface area contributed by atoms with Crippen LogP contribution in [0.15, 0.2) is 24.3 Å². The van der Waals surface area contributed by atoms with Crippen LogP contribution in [-0.4, -0.2) is 18.4 Å². The van der Waals surface area contributed by atoms with Crippen LogP contribution in [0.25, 0.3) is 0 Å². The summed E-state index contributed by atoms with van der Waals surface area (Å²) in [4.78, 5) is 0. The fraction of sp³-hybridized carbons (Fsp3) is 0.455. The van der Waals surface area contributed by atoms with E-state index in [1.807, 2.05) is 0 Å². The maximum Gasteiger partial charge on any atom is 0.0157 e. The number of halogens is 1. The lowest BCUT2D eigenvalue weighted by molar-refractivity contribution is 0.549. The van der Waals surface area contributed by atoms with Crippen LogP contribution in [0.3, 0.4) is 0 Å². The molecule has 0 radical (unpaired) electrons. The maximum atomic E-state index is 3.43. The van der Waals surface area contributed by atoms with Crippen LogP contribution in [-0.2, 0) is 6.42 Å². The lowest BCUT2D eigenvalue weighted by Gasteiger charge is -2.30. The number of alkyl halides is 1. The first-order valence-corrected chi connectivity index (χ1v) is 5.88. The van der Waals surface area contributed by atoms with Crippen molar-refractivity contribution in [3.63, 3.8) is 0 Å². The van der Waals surface area contributed by atoms with Crippen molar-refractivity contribution in [2.45, 2.75) is 12.3 Å². The maximum absolute atomic E-state index is 3.43. The number of hydrogen-bond donors (Lipinski definition) is 1. The normalized spacial score (nSPS) is 19.3. The molecule has 1 nitrogen and oxygen atoms in total. The molecule has 1 N–H and O–H groups in total. The van der Waals surface area contributed by atoms with Crippen LogP contribution in [0.5, 0.6) is 0 Å². The highest BCUT2D eigenvalue weighted by Gasteiger charge is 2.24. The second kappa shape index (κ2) is 4.25. The Morgan fingerprint density at radius 2 is 2.23 bits per heavy atom. The predicted molar refractivity (Wildman–Crippen MR) is 59.6 cm³/mol. The van der Waals surface area contributed by atoms with E-state index >= 15 is 0 Å². The number of fused-ring (bicyclic) bond motifs is 1. The SMILES string of the molecule is BrCCNCC1Cc2ccccc21. The second-order valence-electron chi connectivity index (χ2n) is 3.49. The largest absolute Gasteiger partial charge is 0.315 e. The predicted octanol–water partition coefficient (Wildman–Crippen LogP) is 2.31. The minimum atomic E-state index is 0.759. The van der Waals surface area contributed by atoms with E-state index in [2.05, 4.69) is 45.5 Å². The van der Waals surface area contributed by atoms with Gasteiger partial charge in [0.2, 0.25) is 0 Å². The van der Waals surface area contributed by atoms with E-state index in [-0.39, 0.29) is 0 Å².